The molecule has 106 valence electrons. The molecule has 0 spiro atoms. The average Bonchev–Trinajstić information content (AvgIpc) is 2.76. The van der Waals surface area contributed by atoms with E-state index < -0.39 is 0 Å². The molecule has 21 heavy (non-hydrogen) atoms. The van der Waals surface area contributed by atoms with Crippen LogP contribution < -0.4 is 9.47 Å². The minimum atomic E-state index is -0.253. The molecule has 2 aromatic carbocycles. The van der Waals surface area contributed by atoms with Crippen LogP contribution in [0, 0.1) is 0 Å². The van der Waals surface area contributed by atoms with E-state index in [0.29, 0.717) is 22.6 Å². The lowest BCUT2D eigenvalue weighted by Crippen LogP contribution is -1.98. The molecule has 2 N–H and O–H groups in total. The Labute approximate surface area is 120 Å². The standard InChI is InChI=1S/C16H12O5/c1-20-14-6-9(2-5-12(14)18)7-15-16(19)11-4-3-10(17)8-13(11)21-15/h2-8,17-18H,1H3/b15-7+. The van der Waals surface area contributed by atoms with Gasteiger partial charge in [-0.2, -0.15) is 0 Å². The number of Topliss-reactive ketones (excluding diaryl/α,β-unsaturated/α-hetero) is 1. The summed E-state index contributed by atoms with van der Waals surface area (Å²) in [6, 6.07) is 9.06. The zero-order chi connectivity index (χ0) is 15.0. The molecule has 0 aliphatic carbocycles. The molecule has 5 heteroatoms. The van der Waals surface area contributed by atoms with Crippen molar-refractivity contribution in [1.29, 1.82) is 0 Å². The van der Waals surface area contributed by atoms with Crippen molar-refractivity contribution in [2.45, 2.75) is 0 Å². The molecule has 1 heterocycles. The van der Waals surface area contributed by atoms with Gasteiger partial charge in [0.1, 0.15) is 11.5 Å². The highest BCUT2D eigenvalue weighted by atomic mass is 16.5. The van der Waals surface area contributed by atoms with Gasteiger partial charge in [-0.3, -0.25) is 4.79 Å². The van der Waals surface area contributed by atoms with E-state index in [1.54, 1.807) is 18.2 Å². The SMILES string of the molecule is COc1cc(/C=C2/Oc3cc(O)ccc3C2=O)ccc1O. The number of benzene rings is 2. The first-order valence-corrected chi connectivity index (χ1v) is 6.23. The minimum absolute atomic E-state index is 0.0199. The molecule has 0 unspecified atom stereocenters. The van der Waals surface area contributed by atoms with Crippen LogP contribution in [0.3, 0.4) is 0 Å². The summed E-state index contributed by atoms with van der Waals surface area (Å²) in [6.45, 7) is 0. The fraction of sp³-hybridized carbons (Fsp3) is 0.0625. The third-order valence-electron chi connectivity index (χ3n) is 3.16. The van der Waals surface area contributed by atoms with Crippen molar-refractivity contribution in [3.63, 3.8) is 0 Å². The summed E-state index contributed by atoms with van der Waals surface area (Å²) in [7, 11) is 1.45. The number of fused-ring (bicyclic) bond motifs is 1. The highest BCUT2D eigenvalue weighted by Crippen LogP contribution is 2.35. The van der Waals surface area contributed by atoms with Gasteiger partial charge in [0.05, 0.1) is 12.7 Å². The van der Waals surface area contributed by atoms with Crippen LogP contribution >= 0.6 is 0 Å². The topological polar surface area (TPSA) is 76.0 Å². The molecular weight excluding hydrogens is 272 g/mol. The first-order valence-electron chi connectivity index (χ1n) is 6.23. The molecule has 0 amide bonds. The molecule has 3 rings (SSSR count). The van der Waals surface area contributed by atoms with Crippen LogP contribution in [0.15, 0.2) is 42.2 Å². The van der Waals surface area contributed by atoms with E-state index in [4.69, 9.17) is 9.47 Å². The second-order valence-corrected chi connectivity index (χ2v) is 4.55. The summed E-state index contributed by atoms with van der Waals surface area (Å²) in [5.41, 5.74) is 1.06. The highest BCUT2D eigenvalue weighted by Gasteiger charge is 2.27. The lowest BCUT2D eigenvalue weighted by atomic mass is 10.1. The van der Waals surface area contributed by atoms with Crippen molar-refractivity contribution in [2.24, 2.45) is 0 Å². The molecule has 0 saturated heterocycles. The van der Waals surface area contributed by atoms with E-state index in [0.717, 1.165) is 0 Å². The number of allylic oxidation sites excluding steroid dienone is 1. The molecule has 0 atom stereocenters. The zero-order valence-corrected chi connectivity index (χ0v) is 11.2. The minimum Gasteiger partial charge on any atom is -0.508 e. The molecule has 0 aromatic heterocycles. The Balaban J connectivity index is 1.97. The maximum atomic E-state index is 12.2. The second kappa shape index (κ2) is 4.86. The molecule has 0 fully saturated rings. The fourth-order valence-corrected chi connectivity index (χ4v) is 2.11. The van der Waals surface area contributed by atoms with Crippen molar-refractivity contribution in [3.05, 3.63) is 53.3 Å². The lowest BCUT2D eigenvalue weighted by molar-refractivity contribution is 0.101. The van der Waals surface area contributed by atoms with E-state index in [-0.39, 0.29) is 23.0 Å². The van der Waals surface area contributed by atoms with Crippen molar-refractivity contribution in [3.8, 4) is 23.0 Å². The van der Waals surface area contributed by atoms with Gasteiger partial charge in [0, 0.05) is 6.07 Å². The zero-order valence-electron chi connectivity index (χ0n) is 11.2. The predicted molar refractivity (Wildman–Crippen MR) is 75.7 cm³/mol. The smallest absolute Gasteiger partial charge is 0.231 e. The maximum absolute atomic E-state index is 12.2. The highest BCUT2D eigenvalue weighted by molar-refractivity contribution is 6.14. The van der Waals surface area contributed by atoms with Gasteiger partial charge in [0.2, 0.25) is 5.78 Å². The van der Waals surface area contributed by atoms with E-state index in [1.807, 2.05) is 0 Å². The van der Waals surface area contributed by atoms with Crippen molar-refractivity contribution in [2.75, 3.05) is 7.11 Å². The molecule has 0 radical (unpaired) electrons. The normalized spacial score (nSPS) is 14.9. The number of rotatable bonds is 2. The summed E-state index contributed by atoms with van der Waals surface area (Å²) in [4.78, 5) is 12.2. The van der Waals surface area contributed by atoms with Gasteiger partial charge in [-0.15, -0.1) is 0 Å². The van der Waals surface area contributed by atoms with Gasteiger partial charge < -0.3 is 19.7 Å². The molecule has 1 aliphatic heterocycles. The van der Waals surface area contributed by atoms with Gasteiger partial charge in [0.15, 0.2) is 17.3 Å². The Morgan fingerprint density at radius 2 is 1.95 bits per heavy atom. The number of aromatic hydroxyl groups is 2. The van der Waals surface area contributed by atoms with Crippen LogP contribution in [0.25, 0.3) is 6.08 Å². The molecular formula is C16H12O5. The van der Waals surface area contributed by atoms with Gasteiger partial charge in [-0.25, -0.2) is 0 Å². The third-order valence-corrected chi connectivity index (χ3v) is 3.16. The van der Waals surface area contributed by atoms with Crippen LogP contribution in [-0.4, -0.2) is 23.1 Å². The molecule has 0 bridgehead atoms. The number of hydrogen-bond acceptors (Lipinski definition) is 5. The molecule has 2 aromatic rings. The fourth-order valence-electron chi connectivity index (χ4n) is 2.11. The Bertz CT molecular complexity index is 761. The first kappa shape index (κ1) is 13.1. The first-order chi connectivity index (χ1) is 10.1. The van der Waals surface area contributed by atoms with Gasteiger partial charge in [-0.1, -0.05) is 6.07 Å². The van der Waals surface area contributed by atoms with Crippen LogP contribution in [0.4, 0.5) is 0 Å². The Kier molecular flexibility index (Phi) is 3.02. The van der Waals surface area contributed by atoms with Crippen LogP contribution in [-0.2, 0) is 0 Å². The van der Waals surface area contributed by atoms with Gasteiger partial charge >= 0.3 is 0 Å². The third kappa shape index (κ3) is 2.29. The van der Waals surface area contributed by atoms with Crippen LogP contribution in [0.1, 0.15) is 15.9 Å². The summed E-state index contributed by atoms with van der Waals surface area (Å²) in [5, 5.41) is 19.0. The number of methoxy groups -OCH3 is 1. The van der Waals surface area contributed by atoms with Crippen molar-refractivity contribution >= 4 is 11.9 Å². The second-order valence-electron chi connectivity index (χ2n) is 4.55. The number of phenols is 2. The number of ketones is 1. The monoisotopic (exact) mass is 284 g/mol. The number of hydrogen-bond donors (Lipinski definition) is 2. The largest absolute Gasteiger partial charge is 0.508 e. The number of ether oxygens (including phenoxy) is 2. The van der Waals surface area contributed by atoms with Crippen LogP contribution in [0.2, 0.25) is 0 Å². The van der Waals surface area contributed by atoms with Crippen molar-refractivity contribution in [1.82, 2.24) is 0 Å². The number of phenolic OH excluding ortho intramolecular Hbond substituents is 2. The molecule has 5 nitrogen and oxygen atoms in total. The van der Waals surface area contributed by atoms with E-state index >= 15 is 0 Å². The van der Waals surface area contributed by atoms with Gasteiger partial charge in [-0.05, 0) is 35.9 Å². The Morgan fingerprint density at radius 3 is 2.71 bits per heavy atom. The number of carbonyl (C=O) groups is 1. The Hall–Kier alpha value is -2.95. The number of carbonyl (C=O) groups excluding carboxylic acids is 1. The average molecular weight is 284 g/mol. The van der Waals surface area contributed by atoms with Crippen LogP contribution in [0.5, 0.6) is 23.0 Å². The van der Waals surface area contributed by atoms with E-state index in [1.165, 1.54) is 31.4 Å². The van der Waals surface area contributed by atoms with Crippen molar-refractivity contribution < 1.29 is 24.5 Å². The predicted octanol–water partition coefficient (Wildman–Crippen LogP) is 2.72. The maximum Gasteiger partial charge on any atom is 0.231 e. The summed E-state index contributed by atoms with van der Waals surface area (Å²) < 4.78 is 10.5. The summed E-state index contributed by atoms with van der Waals surface area (Å²) in [6.07, 6.45) is 1.56. The Morgan fingerprint density at radius 1 is 1.14 bits per heavy atom. The molecule has 1 aliphatic rings. The quantitative estimate of drug-likeness (QED) is 0.829. The van der Waals surface area contributed by atoms with E-state index in [9.17, 15) is 15.0 Å². The summed E-state index contributed by atoms with van der Waals surface area (Å²) in [5.74, 6) is 0.600. The summed E-state index contributed by atoms with van der Waals surface area (Å²) >= 11 is 0. The van der Waals surface area contributed by atoms with Gasteiger partial charge in [0.25, 0.3) is 0 Å². The lowest BCUT2D eigenvalue weighted by Gasteiger charge is -2.04. The molecule has 0 saturated carbocycles. The van der Waals surface area contributed by atoms with E-state index in [2.05, 4.69) is 0 Å².